The van der Waals surface area contributed by atoms with Gasteiger partial charge in [-0.15, -0.1) is 11.3 Å². The van der Waals surface area contributed by atoms with Crippen LogP contribution in [0.5, 0.6) is 0 Å². The van der Waals surface area contributed by atoms with E-state index in [4.69, 9.17) is 47.0 Å². The third-order valence-electron chi connectivity index (χ3n) is 4.12. The van der Waals surface area contributed by atoms with Crippen molar-refractivity contribution >= 4 is 85.8 Å². The van der Waals surface area contributed by atoms with Gasteiger partial charge in [0.25, 0.3) is 0 Å². The molecule has 1 aromatic heterocycles. The normalized spacial score (nSPS) is 12.4. The van der Waals surface area contributed by atoms with Crippen molar-refractivity contribution in [3.8, 4) is 0 Å². The molecule has 0 saturated heterocycles. The number of aryl methyl sites for hydroxylation is 1. The monoisotopic (exact) mass is 485 g/mol. The third kappa shape index (κ3) is 6.46. The fourth-order valence-corrected chi connectivity index (χ4v) is 4.01. The Kier molecular flexibility index (Phi) is 7.60. The molecule has 0 radical (unpaired) electrons. The maximum atomic E-state index is 12.3. The maximum Gasteiger partial charge on any atom is 0.228 e. The lowest BCUT2D eigenvalue weighted by molar-refractivity contribution is -0.121. The van der Waals surface area contributed by atoms with Gasteiger partial charge in [-0.3, -0.25) is 4.79 Å². The summed E-state index contributed by atoms with van der Waals surface area (Å²) in [7, 11) is 0. The van der Waals surface area contributed by atoms with Crippen molar-refractivity contribution in [2.24, 2.45) is 0 Å². The summed E-state index contributed by atoms with van der Waals surface area (Å²) in [5.41, 5.74) is 0.813. The molecule has 0 saturated carbocycles. The quantitative estimate of drug-likeness (QED) is 0.240. The highest BCUT2D eigenvalue weighted by Gasteiger charge is 2.34. The van der Waals surface area contributed by atoms with Crippen molar-refractivity contribution in [2.45, 2.75) is 22.8 Å². The molecule has 1 heterocycles. The van der Waals surface area contributed by atoms with E-state index in [0.717, 1.165) is 21.3 Å². The molecule has 0 aliphatic heterocycles. The molecular formula is C20H18Cl3N3OS2. The summed E-state index contributed by atoms with van der Waals surface area (Å²) in [4.78, 5) is 13.4. The lowest BCUT2D eigenvalue weighted by Crippen LogP contribution is -2.56. The molecule has 3 rings (SSSR count). The summed E-state index contributed by atoms with van der Waals surface area (Å²) in [5, 5.41) is 13.0. The molecule has 0 spiro atoms. The Bertz CT molecular complexity index is 985. The fourth-order valence-electron chi connectivity index (χ4n) is 2.75. The number of halogens is 3. The van der Waals surface area contributed by atoms with E-state index in [1.807, 2.05) is 60.0 Å². The highest BCUT2D eigenvalue weighted by Crippen LogP contribution is 2.29. The molecule has 0 bridgehead atoms. The molecule has 3 aromatic rings. The van der Waals surface area contributed by atoms with Gasteiger partial charge in [0, 0.05) is 22.4 Å². The smallest absolute Gasteiger partial charge is 0.228 e. The van der Waals surface area contributed by atoms with E-state index in [1.165, 1.54) is 0 Å². The van der Waals surface area contributed by atoms with Crippen molar-refractivity contribution in [2.75, 3.05) is 5.32 Å². The minimum Gasteiger partial charge on any atom is -0.339 e. The van der Waals surface area contributed by atoms with E-state index in [-0.39, 0.29) is 17.4 Å². The SMILES string of the molecule is O=C(CCc1cccs1)NC(NC(=S)Nc1cccc2ccccc12)C(Cl)(Cl)Cl. The van der Waals surface area contributed by atoms with Gasteiger partial charge in [-0.25, -0.2) is 0 Å². The van der Waals surface area contributed by atoms with Gasteiger partial charge in [0.1, 0.15) is 6.17 Å². The van der Waals surface area contributed by atoms with Gasteiger partial charge in [-0.1, -0.05) is 77.3 Å². The summed E-state index contributed by atoms with van der Waals surface area (Å²) in [6.07, 6.45) is -0.0871. The predicted molar refractivity (Wildman–Crippen MR) is 128 cm³/mol. The largest absolute Gasteiger partial charge is 0.339 e. The first kappa shape index (κ1) is 22.1. The number of thiophene rings is 1. The first-order valence-corrected chi connectivity index (χ1v) is 11.2. The number of fused-ring (bicyclic) bond motifs is 1. The number of hydrogen-bond acceptors (Lipinski definition) is 3. The summed E-state index contributed by atoms with van der Waals surface area (Å²) in [5.74, 6) is -0.241. The molecule has 1 unspecified atom stereocenters. The Morgan fingerprint density at radius 2 is 1.79 bits per heavy atom. The van der Waals surface area contributed by atoms with Crippen LogP contribution in [0, 0.1) is 0 Å². The second kappa shape index (κ2) is 9.96. The molecule has 0 fully saturated rings. The molecule has 152 valence electrons. The highest BCUT2D eigenvalue weighted by atomic mass is 35.6. The second-order valence-electron chi connectivity index (χ2n) is 6.25. The number of alkyl halides is 3. The van der Waals surface area contributed by atoms with E-state index in [0.29, 0.717) is 6.42 Å². The Morgan fingerprint density at radius 3 is 2.52 bits per heavy atom. The molecule has 9 heteroatoms. The van der Waals surface area contributed by atoms with Crippen molar-refractivity contribution < 1.29 is 4.79 Å². The maximum absolute atomic E-state index is 12.3. The van der Waals surface area contributed by atoms with E-state index >= 15 is 0 Å². The van der Waals surface area contributed by atoms with Crippen LogP contribution in [0.4, 0.5) is 5.69 Å². The van der Waals surface area contributed by atoms with Crippen LogP contribution in [-0.2, 0) is 11.2 Å². The average Bonchev–Trinajstić information content (AvgIpc) is 3.19. The fraction of sp³-hybridized carbons (Fsp3) is 0.200. The highest BCUT2D eigenvalue weighted by molar-refractivity contribution is 7.80. The van der Waals surface area contributed by atoms with Crippen LogP contribution in [0.1, 0.15) is 11.3 Å². The molecule has 0 aliphatic carbocycles. The van der Waals surface area contributed by atoms with Gasteiger partial charge < -0.3 is 16.0 Å². The third-order valence-corrected chi connectivity index (χ3v) is 5.94. The van der Waals surface area contributed by atoms with Gasteiger partial charge in [0.05, 0.1) is 0 Å². The van der Waals surface area contributed by atoms with Crippen molar-refractivity contribution in [1.82, 2.24) is 10.6 Å². The standard InChI is InChI=1S/C20H18Cl3N3OS2/c21-20(22,23)18(25-17(27)11-10-14-7-4-12-29-14)26-19(28)24-16-9-3-6-13-5-1-2-8-15(13)16/h1-9,12,18H,10-11H2,(H,25,27)(H2,24,26,28). The molecule has 3 N–H and O–H groups in total. The van der Waals surface area contributed by atoms with Crippen LogP contribution in [0.15, 0.2) is 60.0 Å². The Labute approximate surface area is 193 Å². The number of amides is 1. The number of nitrogens with one attached hydrogen (secondary N) is 3. The van der Waals surface area contributed by atoms with Crippen LogP contribution in [-0.4, -0.2) is 21.0 Å². The van der Waals surface area contributed by atoms with Gasteiger partial charge in [-0.2, -0.15) is 0 Å². The van der Waals surface area contributed by atoms with Crippen LogP contribution in [0.3, 0.4) is 0 Å². The molecule has 4 nitrogen and oxygen atoms in total. The number of hydrogen-bond donors (Lipinski definition) is 3. The van der Waals surface area contributed by atoms with Crippen molar-refractivity contribution in [1.29, 1.82) is 0 Å². The van der Waals surface area contributed by atoms with Gasteiger partial charge >= 0.3 is 0 Å². The van der Waals surface area contributed by atoms with Gasteiger partial charge in [-0.05, 0) is 41.5 Å². The van der Waals surface area contributed by atoms with Gasteiger partial charge in [0.15, 0.2) is 5.11 Å². The number of carbonyl (C=O) groups excluding carboxylic acids is 1. The number of benzene rings is 2. The molecule has 1 amide bonds. The summed E-state index contributed by atoms with van der Waals surface area (Å²) >= 11 is 25.1. The molecule has 2 aromatic carbocycles. The first-order chi connectivity index (χ1) is 13.8. The molecular weight excluding hydrogens is 469 g/mol. The number of rotatable bonds is 6. The average molecular weight is 487 g/mol. The van der Waals surface area contributed by atoms with Crippen LogP contribution in [0.2, 0.25) is 0 Å². The summed E-state index contributed by atoms with van der Waals surface area (Å²) < 4.78 is -1.79. The number of carbonyl (C=O) groups is 1. The van der Waals surface area contributed by atoms with Crippen LogP contribution in [0.25, 0.3) is 10.8 Å². The lowest BCUT2D eigenvalue weighted by Gasteiger charge is -2.28. The van der Waals surface area contributed by atoms with Gasteiger partial charge in [0.2, 0.25) is 9.70 Å². The van der Waals surface area contributed by atoms with E-state index < -0.39 is 9.96 Å². The minimum atomic E-state index is -1.79. The van der Waals surface area contributed by atoms with Crippen molar-refractivity contribution in [3.05, 3.63) is 64.9 Å². The Hall–Kier alpha value is -1.57. The first-order valence-electron chi connectivity index (χ1n) is 8.76. The zero-order valence-corrected chi connectivity index (χ0v) is 19.0. The second-order valence-corrected chi connectivity index (χ2v) is 10.1. The topological polar surface area (TPSA) is 53.2 Å². The summed E-state index contributed by atoms with van der Waals surface area (Å²) in [6, 6.07) is 17.7. The number of thiocarbonyl (C=S) groups is 1. The predicted octanol–water partition coefficient (Wildman–Crippen LogP) is 5.63. The molecule has 0 aliphatic rings. The summed E-state index contributed by atoms with van der Waals surface area (Å²) in [6.45, 7) is 0. The molecule has 1 atom stereocenters. The van der Waals surface area contributed by atoms with E-state index in [2.05, 4.69) is 16.0 Å². The molecule has 29 heavy (non-hydrogen) atoms. The zero-order chi connectivity index (χ0) is 20.9. The lowest BCUT2D eigenvalue weighted by atomic mass is 10.1. The van der Waals surface area contributed by atoms with E-state index in [9.17, 15) is 4.79 Å². The van der Waals surface area contributed by atoms with Crippen LogP contribution >= 0.6 is 58.4 Å². The zero-order valence-electron chi connectivity index (χ0n) is 15.1. The minimum absolute atomic E-state index is 0.233. The van der Waals surface area contributed by atoms with Crippen molar-refractivity contribution in [3.63, 3.8) is 0 Å². The Morgan fingerprint density at radius 1 is 1.03 bits per heavy atom. The Balaban J connectivity index is 1.63. The van der Waals surface area contributed by atoms with Crippen LogP contribution < -0.4 is 16.0 Å². The van der Waals surface area contributed by atoms with E-state index in [1.54, 1.807) is 11.3 Å². The number of anilines is 1.